The third kappa shape index (κ3) is 2.46. The summed E-state index contributed by atoms with van der Waals surface area (Å²) in [6.45, 7) is 5.25. The minimum Gasteiger partial charge on any atom is -0.314 e. The summed E-state index contributed by atoms with van der Waals surface area (Å²) in [5, 5.41) is 0.694. The maximum Gasteiger partial charge on any atom is 0.238 e. The van der Waals surface area contributed by atoms with E-state index in [-0.39, 0.29) is 17.2 Å². The van der Waals surface area contributed by atoms with Crippen molar-refractivity contribution in [3.63, 3.8) is 0 Å². The number of allylic oxidation sites excluding steroid dienone is 1. The van der Waals surface area contributed by atoms with Crippen LogP contribution in [0.3, 0.4) is 0 Å². The highest BCUT2D eigenvalue weighted by Crippen LogP contribution is 2.51. The van der Waals surface area contributed by atoms with Crippen molar-refractivity contribution in [1.29, 1.82) is 0 Å². The summed E-state index contributed by atoms with van der Waals surface area (Å²) in [5.74, 6) is -0.0347. The zero-order valence-corrected chi connectivity index (χ0v) is 14.7. The van der Waals surface area contributed by atoms with Crippen LogP contribution in [0.25, 0.3) is 5.57 Å². The van der Waals surface area contributed by atoms with E-state index in [4.69, 9.17) is 11.6 Å². The lowest BCUT2D eigenvalue weighted by Crippen LogP contribution is -2.29. The van der Waals surface area contributed by atoms with Gasteiger partial charge in [-0.2, -0.15) is 0 Å². The second kappa shape index (κ2) is 5.49. The van der Waals surface area contributed by atoms with Gasteiger partial charge in [-0.05, 0) is 40.7 Å². The fraction of sp³-hybridized carbons (Fsp3) is 0.286. The van der Waals surface area contributed by atoms with E-state index in [1.54, 1.807) is 0 Å². The van der Waals surface area contributed by atoms with E-state index in [9.17, 15) is 4.79 Å². The number of rotatable bonds is 2. The number of hydrogen-bond donors (Lipinski definition) is 0. The van der Waals surface area contributed by atoms with Crippen molar-refractivity contribution in [3.05, 3.63) is 76.4 Å². The Kier molecular flexibility index (Phi) is 3.54. The predicted molar refractivity (Wildman–Crippen MR) is 97.7 cm³/mol. The topological polar surface area (TPSA) is 20.3 Å². The van der Waals surface area contributed by atoms with Crippen molar-refractivity contribution < 1.29 is 4.79 Å². The average molecular weight is 338 g/mol. The van der Waals surface area contributed by atoms with Gasteiger partial charge >= 0.3 is 0 Å². The van der Waals surface area contributed by atoms with Crippen LogP contribution in [0.5, 0.6) is 0 Å². The lowest BCUT2D eigenvalue weighted by atomic mass is 9.83. The predicted octanol–water partition coefficient (Wildman–Crippen LogP) is 5.11. The smallest absolute Gasteiger partial charge is 0.238 e. The summed E-state index contributed by atoms with van der Waals surface area (Å²) in [4.78, 5) is 15.2. The van der Waals surface area contributed by atoms with Crippen molar-refractivity contribution >= 4 is 23.1 Å². The molecular weight excluding hydrogens is 318 g/mol. The SMILES string of the molecule is CC1(C)CC2=C(c3ccccc3)C(c3ccc(Cl)cc3)C(=O)N2C1. The molecule has 4 rings (SSSR count). The Labute approximate surface area is 147 Å². The molecule has 2 nitrogen and oxygen atoms in total. The zero-order chi connectivity index (χ0) is 16.9. The molecule has 0 saturated carbocycles. The van der Waals surface area contributed by atoms with Gasteiger partial charge < -0.3 is 4.90 Å². The largest absolute Gasteiger partial charge is 0.314 e. The first-order valence-electron chi connectivity index (χ1n) is 8.32. The van der Waals surface area contributed by atoms with Crippen molar-refractivity contribution in [2.24, 2.45) is 5.41 Å². The molecule has 0 radical (unpaired) electrons. The van der Waals surface area contributed by atoms with Crippen LogP contribution in [0.1, 0.15) is 37.3 Å². The van der Waals surface area contributed by atoms with Crippen LogP contribution in [-0.4, -0.2) is 17.4 Å². The second-order valence-corrected chi connectivity index (χ2v) is 7.91. The molecule has 1 amide bonds. The Morgan fingerprint density at radius 1 is 1.04 bits per heavy atom. The molecule has 24 heavy (non-hydrogen) atoms. The molecule has 0 N–H and O–H groups in total. The molecule has 2 heterocycles. The van der Waals surface area contributed by atoms with Crippen molar-refractivity contribution in [1.82, 2.24) is 4.90 Å². The first-order valence-corrected chi connectivity index (χ1v) is 8.69. The minimum absolute atomic E-state index is 0.135. The van der Waals surface area contributed by atoms with E-state index in [1.807, 2.05) is 47.4 Å². The van der Waals surface area contributed by atoms with Crippen LogP contribution in [0, 0.1) is 5.41 Å². The summed E-state index contributed by atoms with van der Waals surface area (Å²) in [7, 11) is 0. The first-order chi connectivity index (χ1) is 11.5. The Hall–Kier alpha value is -2.06. The molecule has 0 bridgehead atoms. The summed E-state index contributed by atoms with van der Waals surface area (Å²) >= 11 is 6.03. The number of fused-ring (bicyclic) bond motifs is 1. The Morgan fingerprint density at radius 2 is 1.71 bits per heavy atom. The third-order valence-corrected chi connectivity index (χ3v) is 5.21. The molecular formula is C21H20ClNO. The minimum atomic E-state index is -0.226. The molecule has 2 aromatic rings. The van der Waals surface area contributed by atoms with Crippen LogP contribution in [-0.2, 0) is 4.79 Å². The number of benzene rings is 2. The number of carbonyl (C=O) groups is 1. The van der Waals surface area contributed by atoms with Gasteiger partial charge in [0.25, 0.3) is 0 Å². The van der Waals surface area contributed by atoms with Gasteiger partial charge in [-0.15, -0.1) is 0 Å². The average Bonchev–Trinajstić information content (AvgIpc) is 3.01. The molecule has 0 aliphatic carbocycles. The number of carbonyl (C=O) groups excluding carboxylic acids is 1. The van der Waals surface area contributed by atoms with Crippen LogP contribution in [0.15, 0.2) is 60.3 Å². The van der Waals surface area contributed by atoms with Gasteiger partial charge in [0.05, 0.1) is 5.92 Å². The van der Waals surface area contributed by atoms with Gasteiger partial charge in [0.2, 0.25) is 5.91 Å². The number of nitrogens with zero attached hydrogens (tertiary/aromatic N) is 1. The molecule has 122 valence electrons. The molecule has 1 fully saturated rings. The summed E-state index contributed by atoms with van der Waals surface area (Å²) in [6, 6.07) is 18.0. The highest BCUT2D eigenvalue weighted by atomic mass is 35.5. The maximum absolute atomic E-state index is 13.2. The Morgan fingerprint density at radius 3 is 2.38 bits per heavy atom. The quantitative estimate of drug-likeness (QED) is 0.746. The zero-order valence-electron chi connectivity index (χ0n) is 13.9. The van der Waals surface area contributed by atoms with E-state index in [2.05, 4.69) is 26.0 Å². The summed E-state index contributed by atoms with van der Waals surface area (Å²) in [5.41, 5.74) is 4.64. The lowest BCUT2D eigenvalue weighted by molar-refractivity contribution is -0.128. The second-order valence-electron chi connectivity index (χ2n) is 7.48. The molecule has 2 aliphatic rings. The fourth-order valence-corrected chi connectivity index (χ4v) is 4.07. The van der Waals surface area contributed by atoms with Gasteiger partial charge in [-0.25, -0.2) is 0 Å². The van der Waals surface area contributed by atoms with Gasteiger partial charge in [-0.3, -0.25) is 4.79 Å². The van der Waals surface area contributed by atoms with E-state index in [0.29, 0.717) is 5.02 Å². The van der Waals surface area contributed by atoms with Crippen molar-refractivity contribution in [2.75, 3.05) is 6.54 Å². The molecule has 1 saturated heterocycles. The molecule has 1 atom stereocenters. The van der Waals surface area contributed by atoms with Gasteiger partial charge in [0, 0.05) is 17.3 Å². The first kappa shape index (κ1) is 15.5. The molecule has 3 heteroatoms. The summed E-state index contributed by atoms with van der Waals surface area (Å²) in [6.07, 6.45) is 0.938. The van der Waals surface area contributed by atoms with E-state index < -0.39 is 0 Å². The fourth-order valence-electron chi connectivity index (χ4n) is 3.94. The normalized spacial score (nSPS) is 22.2. The molecule has 0 aromatic heterocycles. The van der Waals surface area contributed by atoms with Crippen LogP contribution in [0.2, 0.25) is 5.02 Å². The highest BCUT2D eigenvalue weighted by molar-refractivity contribution is 6.30. The van der Waals surface area contributed by atoms with Crippen LogP contribution < -0.4 is 0 Å². The monoisotopic (exact) mass is 337 g/mol. The standard InChI is InChI=1S/C21H20ClNO/c1-21(2)12-17-18(14-6-4-3-5-7-14)19(20(24)23(17)13-21)15-8-10-16(22)11-9-15/h3-11,19H,12-13H2,1-2H3. The lowest BCUT2D eigenvalue weighted by Gasteiger charge is -2.21. The number of halogens is 1. The van der Waals surface area contributed by atoms with E-state index in [1.165, 1.54) is 5.70 Å². The molecule has 0 spiro atoms. The summed E-state index contributed by atoms with van der Waals surface area (Å²) < 4.78 is 0. The van der Waals surface area contributed by atoms with E-state index >= 15 is 0 Å². The number of amides is 1. The highest BCUT2D eigenvalue weighted by Gasteiger charge is 2.47. The molecule has 1 unspecified atom stereocenters. The molecule has 2 aromatic carbocycles. The van der Waals surface area contributed by atoms with Crippen molar-refractivity contribution in [3.8, 4) is 0 Å². The van der Waals surface area contributed by atoms with Gasteiger partial charge in [-0.1, -0.05) is 67.9 Å². The maximum atomic E-state index is 13.2. The third-order valence-electron chi connectivity index (χ3n) is 4.96. The van der Waals surface area contributed by atoms with Gasteiger partial charge in [0.15, 0.2) is 0 Å². The Bertz CT molecular complexity index is 821. The number of hydrogen-bond acceptors (Lipinski definition) is 1. The molecule has 2 aliphatic heterocycles. The van der Waals surface area contributed by atoms with Crippen molar-refractivity contribution in [2.45, 2.75) is 26.2 Å². The van der Waals surface area contributed by atoms with Crippen LogP contribution in [0.4, 0.5) is 0 Å². The van der Waals surface area contributed by atoms with Gasteiger partial charge in [0.1, 0.15) is 0 Å². The van der Waals surface area contributed by atoms with Crippen LogP contribution >= 0.6 is 11.6 Å². The van der Waals surface area contributed by atoms with E-state index in [0.717, 1.165) is 29.7 Å². The Balaban J connectivity index is 1.89.